The first-order valence-electron chi connectivity index (χ1n) is 8.38. The van der Waals surface area contributed by atoms with Crippen molar-refractivity contribution in [3.05, 3.63) is 11.9 Å². The molecule has 120 valence electrons. The molecule has 5 heteroatoms. The molecule has 1 aliphatic carbocycles. The van der Waals surface area contributed by atoms with Crippen molar-refractivity contribution in [2.75, 3.05) is 19.6 Å². The standard InChI is InChI=1S/C16H31N5/c1-13(2)9-17-10-16-12-21(19-18-16)8-7-20(14(3)4)11-15-5-6-15/h12-15,17H,5-11H2,1-4H3. The molecule has 1 heterocycles. The zero-order chi connectivity index (χ0) is 15.2. The van der Waals surface area contributed by atoms with Crippen LogP contribution < -0.4 is 5.32 Å². The van der Waals surface area contributed by atoms with Crippen molar-refractivity contribution in [1.82, 2.24) is 25.2 Å². The van der Waals surface area contributed by atoms with Gasteiger partial charge in [0.15, 0.2) is 0 Å². The monoisotopic (exact) mass is 293 g/mol. The maximum atomic E-state index is 4.24. The molecule has 0 unspecified atom stereocenters. The van der Waals surface area contributed by atoms with Crippen molar-refractivity contribution < 1.29 is 0 Å². The SMILES string of the molecule is CC(C)CNCc1cn(CCN(CC2CC2)C(C)C)nn1. The normalized spacial score (nSPS) is 15.6. The molecule has 0 spiro atoms. The van der Waals surface area contributed by atoms with E-state index >= 15 is 0 Å². The van der Waals surface area contributed by atoms with Crippen molar-refractivity contribution in [2.24, 2.45) is 11.8 Å². The van der Waals surface area contributed by atoms with E-state index in [9.17, 15) is 0 Å². The van der Waals surface area contributed by atoms with Crippen LogP contribution in [0.2, 0.25) is 0 Å². The van der Waals surface area contributed by atoms with Crippen molar-refractivity contribution in [2.45, 2.75) is 59.7 Å². The largest absolute Gasteiger partial charge is 0.311 e. The number of aromatic nitrogens is 3. The van der Waals surface area contributed by atoms with Crippen molar-refractivity contribution in [1.29, 1.82) is 0 Å². The maximum absolute atomic E-state index is 4.24. The van der Waals surface area contributed by atoms with E-state index in [-0.39, 0.29) is 0 Å². The summed E-state index contributed by atoms with van der Waals surface area (Å²) in [5.74, 6) is 1.61. The molecule has 1 aromatic heterocycles. The van der Waals surface area contributed by atoms with Crippen molar-refractivity contribution >= 4 is 0 Å². The van der Waals surface area contributed by atoms with E-state index in [4.69, 9.17) is 0 Å². The third-order valence-electron chi connectivity index (χ3n) is 3.98. The van der Waals surface area contributed by atoms with E-state index in [1.807, 2.05) is 4.68 Å². The fraction of sp³-hybridized carbons (Fsp3) is 0.875. The number of rotatable bonds is 10. The number of hydrogen-bond acceptors (Lipinski definition) is 4. The van der Waals surface area contributed by atoms with Crippen molar-refractivity contribution in [3.8, 4) is 0 Å². The third-order valence-corrected chi connectivity index (χ3v) is 3.98. The molecule has 1 N–H and O–H groups in total. The van der Waals surface area contributed by atoms with Crippen LogP contribution in [-0.4, -0.2) is 45.6 Å². The van der Waals surface area contributed by atoms with E-state index in [0.717, 1.165) is 37.8 Å². The highest BCUT2D eigenvalue weighted by molar-refractivity contribution is 4.91. The molecule has 21 heavy (non-hydrogen) atoms. The summed E-state index contributed by atoms with van der Waals surface area (Å²) in [5.41, 5.74) is 1.04. The second kappa shape index (κ2) is 7.90. The highest BCUT2D eigenvalue weighted by atomic mass is 15.4. The molecule has 1 fully saturated rings. The Kier molecular flexibility index (Phi) is 6.18. The lowest BCUT2D eigenvalue weighted by Crippen LogP contribution is -2.35. The predicted octanol–water partition coefficient (Wildman–Crippen LogP) is 2.14. The van der Waals surface area contributed by atoms with Gasteiger partial charge in [0.25, 0.3) is 0 Å². The smallest absolute Gasteiger partial charge is 0.0964 e. The van der Waals surface area contributed by atoms with Gasteiger partial charge in [-0.3, -0.25) is 9.58 Å². The molecule has 2 rings (SSSR count). The zero-order valence-electron chi connectivity index (χ0n) is 14.0. The van der Waals surface area contributed by atoms with E-state index < -0.39 is 0 Å². The Morgan fingerprint density at radius 3 is 2.71 bits per heavy atom. The molecule has 5 nitrogen and oxygen atoms in total. The summed E-state index contributed by atoms with van der Waals surface area (Å²) < 4.78 is 1.98. The van der Waals surface area contributed by atoms with Gasteiger partial charge < -0.3 is 5.32 Å². The van der Waals surface area contributed by atoms with Gasteiger partial charge in [-0.15, -0.1) is 5.10 Å². The lowest BCUT2D eigenvalue weighted by atomic mass is 10.2. The van der Waals surface area contributed by atoms with E-state index in [0.29, 0.717) is 12.0 Å². The van der Waals surface area contributed by atoms with E-state index in [1.54, 1.807) is 0 Å². The number of nitrogens with zero attached hydrogens (tertiary/aromatic N) is 4. The summed E-state index contributed by atoms with van der Waals surface area (Å²) in [4.78, 5) is 2.57. The Hall–Kier alpha value is -0.940. The molecule has 0 amide bonds. The van der Waals surface area contributed by atoms with Gasteiger partial charge in [-0.2, -0.15) is 0 Å². The van der Waals surface area contributed by atoms with Crippen LogP contribution >= 0.6 is 0 Å². The van der Waals surface area contributed by atoms with Crippen LogP contribution in [0.25, 0.3) is 0 Å². The summed E-state index contributed by atoms with van der Waals surface area (Å²) >= 11 is 0. The molecule has 1 saturated carbocycles. The van der Waals surface area contributed by atoms with E-state index in [1.165, 1.54) is 19.4 Å². The topological polar surface area (TPSA) is 46.0 Å². The van der Waals surface area contributed by atoms with Gasteiger partial charge in [-0.25, -0.2) is 0 Å². The Labute approximate surface area is 129 Å². The van der Waals surface area contributed by atoms with Crippen LogP contribution in [0.1, 0.15) is 46.2 Å². The summed E-state index contributed by atoms with van der Waals surface area (Å²) in [6, 6.07) is 0.612. The Bertz CT molecular complexity index is 409. The predicted molar refractivity (Wildman–Crippen MR) is 86.0 cm³/mol. The van der Waals surface area contributed by atoms with Gasteiger partial charge in [-0.05, 0) is 45.1 Å². The second-order valence-corrected chi connectivity index (χ2v) is 7.03. The molecule has 0 saturated heterocycles. The Balaban J connectivity index is 1.73. The number of nitrogens with one attached hydrogen (secondary N) is 1. The first kappa shape index (κ1) is 16.4. The molecule has 0 aliphatic heterocycles. The van der Waals surface area contributed by atoms with Gasteiger partial charge in [0.05, 0.1) is 12.2 Å². The molecule has 0 bridgehead atoms. The Morgan fingerprint density at radius 2 is 2.10 bits per heavy atom. The van der Waals surface area contributed by atoms with Gasteiger partial charge in [0.1, 0.15) is 0 Å². The first-order valence-corrected chi connectivity index (χ1v) is 8.38. The molecule has 0 atom stereocenters. The Morgan fingerprint density at radius 1 is 1.33 bits per heavy atom. The lowest BCUT2D eigenvalue weighted by Gasteiger charge is -2.26. The fourth-order valence-electron chi connectivity index (χ4n) is 2.44. The first-order chi connectivity index (χ1) is 10.0. The molecular formula is C16H31N5. The minimum Gasteiger partial charge on any atom is -0.311 e. The molecule has 1 aliphatic rings. The molecule has 0 radical (unpaired) electrons. The molecular weight excluding hydrogens is 262 g/mol. The molecule has 0 aromatic carbocycles. The quantitative estimate of drug-likeness (QED) is 0.718. The summed E-state index contributed by atoms with van der Waals surface area (Å²) in [7, 11) is 0. The summed E-state index contributed by atoms with van der Waals surface area (Å²) in [6.45, 7) is 14.1. The molecule has 1 aromatic rings. The highest BCUT2D eigenvalue weighted by Crippen LogP contribution is 2.30. The van der Waals surface area contributed by atoms with Gasteiger partial charge in [-0.1, -0.05) is 19.1 Å². The minimum absolute atomic E-state index is 0.612. The zero-order valence-corrected chi connectivity index (χ0v) is 14.0. The third kappa shape index (κ3) is 6.14. The second-order valence-electron chi connectivity index (χ2n) is 7.03. The van der Waals surface area contributed by atoms with Gasteiger partial charge >= 0.3 is 0 Å². The maximum Gasteiger partial charge on any atom is 0.0964 e. The van der Waals surface area contributed by atoms with Crippen molar-refractivity contribution in [3.63, 3.8) is 0 Å². The lowest BCUT2D eigenvalue weighted by molar-refractivity contribution is 0.201. The number of hydrogen-bond donors (Lipinski definition) is 1. The van der Waals surface area contributed by atoms with Crippen LogP contribution in [-0.2, 0) is 13.1 Å². The van der Waals surface area contributed by atoms with Crippen LogP contribution in [0, 0.1) is 11.8 Å². The van der Waals surface area contributed by atoms with Crippen LogP contribution in [0.3, 0.4) is 0 Å². The van der Waals surface area contributed by atoms with E-state index in [2.05, 4.69) is 54.4 Å². The average Bonchev–Trinajstić information content (AvgIpc) is 3.12. The van der Waals surface area contributed by atoms with Gasteiger partial charge in [0, 0.05) is 31.9 Å². The fourth-order valence-corrected chi connectivity index (χ4v) is 2.44. The highest BCUT2D eigenvalue weighted by Gasteiger charge is 2.25. The average molecular weight is 293 g/mol. The van der Waals surface area contributed by atoms with Gasteiger partial charge in [0.2, 0.25) is 0 Å². The van der Waals surface area contributed by atoms with Crippen LogP contribution in [0.15, 0.2) is 6.20 Å². The van der Waals surface area contributed by atoms with Crippen LogP contribution in [0.5, 0.6) is 0 Å². The minimum atomic E-state index is 0.612. The summed E-state index contributed by atoms with van der Waals surface area (Å²) in [6.07, 6.45) is 4.90. The van der Waals surface area contributed by atoms with Crippen LogP contribution in [0.4, 0.5) is 0 Å². The summed E-state index contributed by atoms with van der Waals surface area (Å²) in [5, 5.41) is 11.9.